The lowest BCUT2D eigenvalue weighted by Gasteiger charge is -2.10. The highest BCUT2D eigenvalue weighted by atomic mass is 35.5. The van der Waals surface area contributed by atoms with E-state index in [2.05, 4.69) is 9.97 Å². The topological polar surface area (TPSA) is 87.4 Å². The van der Waals surface area contributed by atoms with Gasteiger partial charge in [-0.2, -0.15) is 4.98 Å². The molecule has 0 atom stereocenters. The zero-order valence-electron chi connectivity index (χ0n) is 10.4. The average Bonchev–Trinajstić information content (AvgIpc) is 2.41. The number of hydrogen-bond acceptors (Lipinski definition) is 6. The van der Waals surface area contributed by atoms with Gasteiger partial charge in [-0.25, -0.2) is 4.98 Å². The Morgan fingerprint density at radius 2 is 2.05 bits per heavy atom. The van der Waals surface area contributed by atoms with Crippen molar-refractivity contribution in [3.8, 4) is 17.4 Å². The summed E-state index contributed by atoms with van der Waals surface area (Å²) >= 11 is 5.63. The monoisotopic (exact) mass is 295 g/mol. The molecule has 0 fully saturated rings. The molecule has 0 radical (unpaired) electrons. The van der Waals surface area contributed by atoms with Crippen molar-refractivity contribution in [1.29, 1.82) is 0 Å². The quantitative estimate of drug-likeness (QED) is 0.478. The van der Waals surface area contributed by atoms with Crippen molar-refractivity contribution in [3.05, 3.63) is 45.9 Å². The number of hydrogen-bond donors (Lipinski definition) is 0. The van der Waals surface area contributed by atoms with Crippen LogP contribution in [0.3, 0.4) is 0 Å². The maximum Gasteiger partial charge on any atom is 0.349 e. The second-order valence-corrected chi connectivity index (χ2v) is 3.91. The van der Waals surface area contributed by atoms with Gasteiger partial charge in [0.15, 0.2) is 11.5 Å². The maximum atomic E-state index is 10.9. The Morgan fingerprint density at radius 1 is 1.35 bits per heavy atom. The first kappa shape index (κ1) is 14.0. The van der Waals surface area contributed by atoms with Crippen molar-refractivity contribution < 1.29 is 14.4 Å². The van der Waals surface area contributed by atoms with Crippen molar-refractivity contribution in [3.63, 3.8) is 0 Å². The molecule has 0 bridgehead atoms. The van der Waals surface area contributed by atoms with Crippen LogP contribution in [0.5, 0.6) is 17.4 Å². The molecule has 1 heterocycles. The molecule has 20 heavy (non-hydrogen) atoms. The minimum Gasteiger partial charge on any atom is -0.490 e. The minimum absolute atomic E-state index is 0.139. The van der Waals surface area contributed by atoms with Gasteiger partial charge in [-0.05, 0) is 30.7 Å². The fourth-order valence-corrected chi connectivity index (χ4v) is 1.58. The fraction of sp³-hybridized carbons (Fsp3) is 0.167. The van der Waals surface area contributed by atoms with E-state index in [1.165, 1.54) is 0 Å². The van der Waals surface area contributed by atoms with Crippen molar-refractivity contribution in [2.75, 3.05) is 6.61 Å². The van der Waals surface area contributed by atoms with Gasteiger partial charge in [0.05, 0.1) is 11.5 Å². The summed E-state index contributed by atoms with van der Waals surface area (Å²) in [5.74, 6) is 0.536. The standard InChI is InChI=1S/C12H10ClN3O4/c1-2-19-9-5-3-4-6-10(9)20-11-8(16(17)18)7-14-12(13)15-11/h3-7H,2H2,1H3. The molecule has 0 N–H and O–H groups in total. The van der Waals surface area contributed by atoms with Gasteiger partial charge in [0.1, 0.15) is 6.20 Å². The van der Waals surface area contributed by atoms with Crippen LogP contribution < -0.4 is 9.47 Å². The number of nitro groups is 1. The molecule has 0 aliphatic rings. The number of nitrogens with zero attached hydrogens (tertiary/aromatic N) is 3. The van der Waals surface area contributed by atoms with Crippen LogP contribution >= 0.6 is 11.6 Å². The smallest absolute Gasteiger partial charge is 0.349 e. The molecule has 2 rings (SSSR count). The van der Waals surface area contributed by atoms with E-state index in [1.807, 2.05) is 6.92 Å². The lowest BCUT2D eigenvalue weighted by molar-refractivity contribution is -0.386. The van der Waals surface area contributed by atoms with Crippen LogP contribution in [0, 0.1) is 10.1 Å². The summed E-state index contributed by atoms with van der Waals surface area (Å²) in [6.07, 6.45) is 0.994. The second kappa shape index (κ2) is 6.16. The Morgan fingerprint density at radius 3 is 2.70 bits per heavy atom. The van der Waals surface area contributed by atoms with E-state index in [1.54, 1.807) is 24.3 Å². The molecule has 0 saturated heterocycles. The Labute approximate surface area is 119 Å². The highest BCUT2D eigenvalue weighted by molar-refractivity contribution is 6.28. The van der Waals surface area contributed by atoms with Crippen LogP contribution in [0.4, 0.5) is 5.69 Å². The SMILES string of the molecule is CCOc1ccccc1Oc1nc(Cl)ncc1[N+](=O)[O-]. The molecule has 7 nitrogen and oxygen atoms in total. The molecule has 0 amide bonds. The van der Waals surface area contributed by atoms with E-state index in [9.17, 15) is 10.1 Å². The summed E-state index contributed by atoms with van der Waals surface area (Å²) in [5, 5.41) is 10.8. The highest BCUT2D eigenvalue weighted by Gasteiger charge is 2.20. The van der Waals surface area contributed by atoms with Gasteiger partial charge >= 0.3 is 11.6 Å². The Hall–Kier alpha value is -2.41. The first-order valence-electron chi connectivity index (χ1n) is 5.68. The van der Waals surface area contributed by atoms with Gasteiger partial charge in [0.2, 0.25) is 5.28 Å². The molecule has 1 aromatic carbocycles. The molecular weight excluding hydrogens is 286 g/mol. The van der Waals surface area contributed by atoms with Gasteiger partial charge in [-0.1, -0.05) is 12.1 Å². The molecule has 0 aliphatic heterocycles. The lowest BCUT2D eigenvalue weighted by atomic mass is 10.3. The lowest BCUT2D eigenvalue weighted by Crippen LogP contribution is -2.00. The zero-order valence-corrected chi connectivity index (χ0v) is 11.2. The van der Waals surface area contributed by atoms with Gasteiger partial charge in [-0.3, -0.25) is 10.1 Å². The third-order valence-electron chi connectivity index (χ3n) is 2.26. The van der Waals surface area contributed by atoms with E-state index >= 15 is 0 Å². The van der Waals surface area contributed by atoms with E-state index in [4.69, 9.17) is 21.1 Å². The Bertz CT molecular complexity index is 636. The number of rotatable bonds is 5. The zero-order chi connectivity index (χ0) is 14.5. The number of halogens is 1. The van der Waals surface area contributed by atoms with Crippen molar-refractivity contribution in [2.24, 2.45) is 0 Å². The van der Waals surface area contributed by atoms with Crippen LogP contribution in [0.25, 0.3) is 0 Å². The van der Waals surface area contributed by atoms with E-state index in [-0.39, 0.29) is 16.9 Å². The van der Waals surface area contributed by atoms with Crippen LogP contribution in [-0.4, -0.2) is 21.5 Å². The Kier molecular flexibility index (Phi) is 4.31. The molecule has 1 aromatic heterocycles. The number of ether oxygens (including phenoxy) is 2. The number of aromatic nitrogens is 2. The maximum absolute atomic E-state index is 10.9. The largest absolute Gasteiger partial charge is 0.490 e. The van der Waals surface area contributed by atoms with Crippen LogP contribution in [0.1, 0.15) is 6.92 Å². The van der Waals surface area contributed by atoms with Gasteiger partial charge in [0.25, 0.3) is 0 Å². The van der Waals surface area contributed by atoms with E-state index in [0.29, 0.717) is 18.1 Å². The molecule has 0 saturated carbocycles. The van der Waals surface area contributed by atoms with Crippen LogP contribution in [0.2, 0.25) is 5.28 Å². The molecular formula is C12H10ClN3O4. The molecule has 0 aliphatic carbocycles. The molecule has 0 spiro atoms. The van der Waals surface area contributed by atoms with Crippen LogP contribution in [0.15, 0.2) is 30.5 Å². The summed E-state index contributed by atoms with van der Waals surface area (Å²) < 4.78 is 10.8. The summed E-state index contributed by atoms with van der Waals surface area (Å²) in [5.41, 5.74) is -0.374. The summed E-state index contributed by atoms with van der Waals surface area (Å²) in [6, 6.07) is 6.78. The van der Waals surface area contributed by atoms with E-state index in [0.717, 1.165) is 6.20 Å². The molecule has 2 aromatic rings. The summed E-state index contributed by atoms with van der Waals surface area (Å²) in [7, 11) is 0. The molecule has 8 heteroatoms. The summed E-state index contributed by atoms with van der Waals surface area (Å²) in [4.78, 5) is 17.5. The van der Waals surface area contributed by atoms with Crippen molar-refractivity contribution in [1.82, 2.24) is 9.97 Å². The first-order valence-corrected chi connectivity index (χ1v) is 6.06. The predicted octanol–water partition coefficient (Wildman–Crippen LogP) is 3.23. The normalized spacial score (nSPS) is 10.1. The highest BCUT2D eigenvalue weighted by Crippen LogP contribution is 2.34. The van der Waals surface area contributed by atoms with E-state index < -0.39 is 4.92 Å². The third-order valence-corrected chi connectivity index (χ3v) is 2.44. The molecule has 104 valence electrons. The predicted molar refractivity (Wildman–Crippen MR) is 71.4 cm³/mol. The summed E-state index contributed by atoms with van der Waals surface area (Å²) in [6.45, 7) is 2.26. The molecule has 0 unspecified atom stereocenters. The second-order valence-electron chi connectivity index (χ2n) is 3.57. The number of benzene rings is 1. The van der Waals surface area contributed by atoms with Gasteiger partial charge in [0, 0.05) is 0 Å². The van der Waals surface area contributed by atoms with Gasteiger partial charge in [-0.15, -0.1) is 0 Å². The van der Waals surface area contributed by atoms with Gasteiger partial charge < -0.3 is 9.47 Å². The third kappa shape index (κ3) is 3.12. The van der Waals surface area contributed by atoms with Crippen LogP contribution in [-0.2, 0) is 0 Å². The minimum atomic E-state index is -0.644. The first-order chi connectivity index (χ1) is 9.61. The van der Waals surface area contributed by atoms with Crippen molar-refractivity contribution >= 4 is 17.3 Å². The Balaban J connectivity index is 2.39. The van der Waals surface area contributed by atoms with Crippen molar-refractivity contribution in [2.45, 2.75) is 6.92 Å². The fourth-order valence-electron chi connectivity index (χ4n) is 1.45. The number of para-hydroxylation sites is 2. The average molecular weight is 296 g/mol.